The number of halogens is 1. The van der Waals surface area contributed by atoms with Gasteiger partial charge in [-0.05, 0) is 36.4 Å². The Morgan fingerprint density at radius 3 is 2.50 bits per heavy atom. The summed E-state index contributed by atoms with van der Waals surface area (Å²) < 4.78 is 12.7. The Morgan fingerprint density at radius 1 is 1.17 bits per heavy atom. The lowest BCUT2D eigenvalue weighted by atomic mass is 10.1. The van der Waals surface area contributed by atoms with Crippen molar-refractivity contribution in [2.24, 2.45) is 0 Å². The molecule has 18 heavy (non-hydrogen) atoms. The van der Waals surface area contributed by atoms with Gasteiger partial charge in [-0.2, -0.15) is 0 Å². The predicted molar refractivity (Wildman–Crippen MR) is 66.9 cm³/mol. The maximum absolute atomic E-state index is 12.7. The Kier molecular flexibility index (Phi) is 3.14. The highest BCUT2D eigenvalue weighted by Crippen LogP contribution is 2.25. The van der Waals surface area contributed by atoms with Crippen molar-refractivity contribution in [2.75, 3.05) is 11.1 Å². The van der Waals surface area contributed by atoms with Crippen LogP contribution in [0.15, 0.2) is 42.5 Å². The summed E-state index contributed by atoms with van der Waals surface area (Å²) in [6, 6.07) is 9.82. The Bertz CT molecular complexity index is 582. The van der Waals surface area contributed by atoms with Crippen molar-refractivity contribution in [3.63, 3.8) is 0 Å². The fourth-order valence-corrected chi connectivity index (χ4v) is 1.48. The van der Waals surface area contributed by atoms with Crippen molar-refractivity contribution in [1.29, 1.82) is 0 Å². The molecule has 0 aliphatic carbocycles. The van der Waals surface area contributed by atoms with Gasteiger partial charge in [-0.25, -0.2) is 4.39 Å². The van der Waals surface area contributed by atoms with Gasteiger partial charge in [0.2, 0.25) is 0 Å². The monoisotopic (exact) mass is 246 g/mol. The standard InChI is InChI=1S/C13H11FN2O2/c14-8-4-6-9(7-5-8)16-13(18)10-2-1-3-11(15)12(10)17/h1-7,17H,15H2,(H,16,18). The molecule has 0 unspecified atom stereocenters. The van der Waals surface area contributed by atoms with Crippen LogP contribution in [0, 0.1) is 5.82 Å². The summed E-state index contributed by atoms with van der Waals surface area (Å²) >= 11 is 0. The second kappa shape index (κ2) is 4.75. The minimum atomic E-state index is -0.508. The minimum Gasteiger partial charge on any atom is -0.505 e. The third-order valence-electron chi connectivity index (χ3n) is 2.41. The topological polar surface area (TPSA) is 75.4 Å². The number of carbonyl (C=O) groups excluding carboxylic acids is 1. The normalized spacial score (nSPS) is 10.1. The quantitative estimate of drug-likeness (QED) is 0.562. The molecule has 0 heterocycles. The summed E-state index contributed by atoms with van der Waals surface area (Å²) in [6.45, 7) is 0. The van der Waals surface area contributed by atoms with Gasteiger partial charge in [0.05, 0.1) is 11.3 Å². The summed E-state index contributed by atoms with van der Waals surface area (Å²) in [4.78, 5) is 11.9. The van der Waals surface area contributed by atoms with Crippen LogP contribution in [-0.2, 0) is 0 Å². The fraction of sp³-hybridized carbons (Fsp3) is 0. The number of anilines is 2. The molecular formula is C13H11FN2O2. The number of nitrogen functional groups attached to an aromatic ring is 1. The third kappa shape index (κ3) is 2.40. The number of hydrogen-bond donors (Lipinski definition) is 3. The van der Waals surface area contributed by atoms with E-state index >= 15 is 0 Å². The van der Waals surface area contributed by atoms with E-state index in [9.17, 15) is 14.3 Å². The van der Waals surface area contributed by atoms with Gasteiger partial charge in [-0.15, -0.1) is 0 Å². The fourth-order valence-electron chi connectivity index (χ4n) is 1.48. The molecule has 0 aliphatic rings. The zero-order valence-corrected chi connectivity index (χ0v) is 9.35. The lowest BCUT2D eigenvalue weighted by Gasteiger charge is -2.08. The average molecular weight is 246 g/mol. The molecule has 0 aliphatic heterocycles. The van der Waals surface area contributed by atoms with E-state index in [1.54, 1.807) is 6.07 Å². The van der Waals surface area contributed by atoms with Crippen LogP contribution in [0.5, 0.6) is 5.75 Å². The minimum absolute atomic E-state index is 0.0688. The van der Waals surface area contributed by atoms with Crippen molar-refractivity contribution in [3.8, 4) is 5.75 Å². The van der Waals surface area contributed by atoms with Crippen LogP contribution in [0.2, 0.25) is 0 Å². The van der Waals surface area contributed by atoms with E-state index < -0.39 is 5.91 Å². The van der Waals surface area contributed by atoms with Crippen LogP contribution in [0.1, 0.15) is 10.4 Å². The van der Waals surface area contributed by atoms with Crippen LogP contribution in [-0.4, -0.2) is 11.0 Å². The zero-order chi connectivity index (χ0) is 13.1. The van der Waals surface area contributed by atoms with Crippen molar-refractivity contribution < 1.29 is 14.3 Å². The Balaban J connectivity index is 2.22. The molecule has 0 bridgehead atoms. The van der Waals surface area contributed by atoms with Crippen LogP contribution in [0.25, 0.3) is 0 Å². The summed E-state index contributed by atoms with van der Waals surface area (Å²) in [7, 11) is 0. The van der Waals surface area contributed by atoms with Gasteiger partial charge in [-0.1, -0.05) is 6.07 Å². The largest absolute Gasteiger partial charge is 0.505 e. The number of para-hydroxylation sites is 1. The number of nitrogens with two attached hydrogens (primary N) is 1. The first-order valence-corrected chi connectivity index (χ1v) is 5.22. The summed E-state index contributed by atoms with van der Waals surface area (Å²) in [5, 5.41) is 12.2. The van der Waals surface area contributed by atoms with Crippen LogP contribution >= 0.6 is 0 Å². The number of benzene rings is 2. The van der Waals surface area contributed by atoms with E-state index in [0.717, 1.165) is 0 Å². The van der Waals surface area contributed by atoms with E-state index in [1.165, 1.54) is 36.4 Å². The number of hydrogen-bond acceptors (Lipinski definition) is 3. The summed E-state index contributed by atoms with van der Waals surface area (Å²) in [5.41, 5.74) is 6.12. The maximum Gasteiger partial charge on any atom is 0.259 e. The van der Waals surface area contributed by atoms with Gasteiger partial charge >= 0.3 is 0 Å². The van der Waals surface area contributed by atoms with Gasteiger partial charge in [0.1, 0.15) is 5.82 Å². The summed E-state index contributed by atoms with van der Waals surface area (Å²) in [5.74, 6) is -1.16. The number of nitrogens with one attached hydrogen (secondary N) is 1. The number of phenolic OH excluding ortho intramolecular Hbond substituents is 1. The maximum atomic E-state index is 12.7. The highest BCUT2D eigenvalue weighted by molar-refractivity contribution is 6.07. The summed E-state index contributed by atoms with van der Waals surface area (Å²) in [6.07, 6.45) is 0. The van der Waals surface area contributed by atoms with E-state index in [4.69, 9.17) is 5.73 Å². The molecule has 1 amide bonds. The Morgan fingerprint density at radius 2 is 1.83 bits per heavy atom. The highest BCUT2D eigenvalue weighted by Gasteiger charge is 2.12. The second-order valence-corrected chi connectivity index (χ2v) is 3.70. The molecule has 0 aromatic heterocycles. The van der Waals surface area contributed by atoms with E-state index in [2.05, 4.69) is 5.32 Å². The van der Waals surface area contributed by atoms with E-state index in [-0.39, 0.29) is 22.8 Å². The number of rotatable bonds is 2. The molecule has 0 saturated carbocycles. The van der Waals surface area contributed by atoms with Crippen molar-refractivity contribution in [3.05, 3.63) is 53.8 Å². The van der Waals surface area contributed by atoms with E-state index in [0.29, 0.717) is 5.69 Å². The Labute approximate surface area is 103 Å². The SMILES string of the molecule is Nc1cccc(C(=O)Nc2ccc(F)cc2)c1O. The molecule has 5 heteroatoms. The molecule has 0 spiro atoms. The molecule has 4 nitrogen and oxygen atoms in total. The molecule has 0 radical (unpaired) electrons. The lowest BCUT2D eigenvalue weighted by molar-refractivity contribution is 0.102. The molecule has 4 N–H and O–H groups in total. The van der Waals surface area contributed by atoms with Crippen molar-refractivity contribution >= 4 is 17.3 Å². The zero-order valence-electron chi connectivity index (χ0n) is 9.35. The molecule has 2 rings (SSSR count). The lowest BCUT2D eigenvalue weighted by Crippen LogP contribution is -2.12. The molecule has 2 aromatic rings. The molecule has 0 atom stereocenters. The molecule has 2 aromatic carbocycles. The molecule has 0 saturated heterocycles. The number of phenols is 1. The van der Waals surface area contributed by atoms with Gasteiger partial charge in [-0.3, -0.25) is 4.79 Å². The van der Waals surface area contributed by atoms with Gasteiger partial charge < -0.3 is 16.2 Å². The van der Waals surface area contributed by atoms with Crippen LogP contribution < -0.4 is 11.1 Å². The number of amides is 1. The smallest absolute Gasteiger partial charge is 0.259 e. The van der Waals surface area contributed by atoms with Crippen LogP contribution in [0.3, 0.4) is 0 Å². The molecule has 0 fully saturated rings. The first-order valence-electron chi connectivity index (χ1n) is 5.22. The van der Waals surface area contributed by atoms with Crippen LogP contribution in [0.4, 0.5) is 15.8 Å². The van der Waals surface area contributed by atoms with Crippen molar-refractivity contribution in [1.82, 2.24) is 0 Å². The Hall–Kier alpha value is -2.56. The number of aromatic hydroxyl groups is 1. The molecule has 92 valence electrons. The van der Waals surface area contributed by atoms with Crippen molar-refractivity contribution in [2.45, 2.75) is 0 Å². The van der Waals surface area contributed by atoms with Gasteiger partial charge in [0.15, 0.2) is 5.75 Å². The first kappa shape index (κ1) is 11.9. The van der Waals surface area contributed by atoms with Gasteiger partial charge in [0, 0.05) is 5.69 Å². The predicted octanol–water partition coefficient (Wildman–Crippen LogP) is 2.37. The average Bonchev–Trinajstić information content (AvgIpc) is 2.35. The first-order chi connectivity index (χ1) is 8.58. The second-order valence-electron chi connectivity index (χ2n) is 3.70. The number of carbonyl (C=O) groups is 1. The molecular weight excluding hydrogens is 235 g/mol. The third-order valence-corrected chi connectivity index (χ3v) is 2.41. The van der Waals surface area contributed by atoms with E-state index in [1.807, 2.05) is 0 Å². The van der Waals surface area contributed by atoms with Gasteiger partial charge in [0.25, 0.3) is 5.91 Å². The highest BCUT2D eigenvalue weighted by atomic mass is 19.1.